The molecule has 146 valence electrons. The molecule has 10 heteroatoms. The van der Waals surface area contributed by atoms with Gasteiger partial charge in [0.2, 0.25) is 0 Å². The van der Waals surface area contributed by atoms with Crippen molar-refractivity contribution < 1.29 is 29.2 Å². The second-order valence-corrected chi connectivity index (χ2v) is 6.50. The van der Waals surface area contributed by atoms with Crippen LogP contribution in [0.1, 0.15) is 23.7 Å². The van der Waals surface area contributed by atoms with Crippen LogP contribution in [-0.4, -0.2) is 54.6 Å². The molecule has 1 aromatic carbocycles. The molecule has 1 saturated heterocycles. The number of hydrogen-bond donors (Lipinski definition) is 2. The van der Waals surface area contributed by atoms with Crippen LogP contribution >= 0.6 is 0 Å². The van der Waals surface area contributed by atoms with Gasteiger partial charge in [0.15, 0.2) is 0 Å². The van der Waals surface area contributed by atoms with Crippen molar-refractivity contribution in [2.75, 3.05) is 31.6 Å². The Hall–Kier alpha value is -3.17. The van der Waals surface area contributed by atoms with Crippen molar-refractivity contribution in [3.05, 3.63) is 33.9 Å². The van der Waals surface area contributed by atoms with Gasteiger partial charge in [0, 0.05) is 24.7 Å². The zero-order chi connectivity index (χ0) is 20.1. The lowest BCUT2D eigenvalue weighted by Crippen LogP contribution is -2.42. The number of methoxy groups -OCH3 is 1. The van der Waals surface area contributed by atoms with E-state index in [2.05, 4.69) is 10.1 Å². The summed E-state index contributed by atoms with van der Waals surface area (Å²) in [5.74, 6) is -2.78. The van der Waals surface area contributed by atoms with Gasteiger partial charge in [-0.05, 0) is 24.5 Å². The summed E-state index contributed by atoms with van der Waals surface area (Å²) in [5, 5.41) is 23.1. The molecule has 0 bridgehead atoms. The molecule has 1 aliphatic rings. The molecule has 27 heavy (non-hydrogen) atoms. The number of nitrogens with zero attached hydrogens (tertiary/aromatic N) is 2. The summed E-state index contributed by atoms with van der Waals surface area (Å²) >= 11 is 0. The van der Waals surface area contributed by atoms with E-state index in [1.165, 1.54) is 19.2 Å². The van der Waals surface area contributed by atoms with E-state index in [4.69, 9.17) is 0 Å². The number of esters is 1. The number of nitro groups is 1. The summed E-state index contributed by atoms with van der Waals surface area (Å²) in [6.45, 7) is 2.18. The molecular weight excluding hydrogens is 358 g/mol. The lowest BCUT2D eigenvalue weighted by molar-refractivity contribution is -0.384. The van der Waals surface area contributed by atoms with Crippen molar-refractivity contribution in [2.24, 2.45) is 11.8 Å². The normalized spacial score (nSPS) is 19.3. The molecule has 0 aromatic heterocycles. The predicted octanol–water partition coefficient (Wildman–Crippen LogP) is 1.04. The number of carbonyl (C=O) groups excluding carboxylic acids is 2. The first-order chi connectivity index (χ1) is 12.7. The van der Waals surface area contributed by atoms with Crippen molar-refractivity contribution in [3.63, 3.8) is 0 Å². The topological polar surface area (TPSA) is 139 Å². The first-order valence-electron chi connectivity index (χ1n) is 8.34. The Kier molecular flexibility index (Phi) is 6.32. The van der Waals surface area contributed by atoms with Gasteiger partial charge in [-0.15, -0.1) is 0 Å². The number of rotatable bonds is 6. The molecule has 2 N–H and O–H groups in total. The van der Waals surface area contributed by atoms with Gasteiger partial charge in [-0.3, -0.25) is 24.5 Å². The predicted molar refractivity (Wildman–Crippen MR) is 94.6 cm³/mol. The van der Waals surface area contributed by atoms with Crippen LogP contribution in [0.25, 0.3) is 0 Å². The summed E-state index contributed by atoms with van der Waals surface area (Å²) in [4.78, 5) is 47.1. The standard InChI is InChI=1S/C17H21N3O7/c1-10-5-12(17(23)24)9-19(8-10)13-4-3-11(6-14(13)20(25)26)16(22)18-7-15(21)27-2/h3-4,6,10,12H,5,7-9H2,1-2H3,(H,18,22)(H,23,24). The molecule has 1 fully saturated rings. The average Bonchev–Trinajstić information content (AvgIpc) is 2.64. The van der Waals surface area contributed by atoms with E-state index >= 15 is 0 Å². The number of hydrogen-bond acceptors (Lipinski definition) is 7. The first kappa shape index (κ1) is 20.1. The van der Waals surface area contributed by atoms with Crippen molar-refractivity contribution in [1.82, 2.24) is 5.32 Å². The van der Waals surface area contributed by atoms with E-state index in [-0.39, 0.29) is 35.9 Å². The van der Waals surface area contributed by atoms with E-state index in [9.17, 15) is 29.6 Å². The highest BCUT2D eigenvalue weighted by atomic mass is 16.6. The third-order valence-corrected chi connectivity index (χ3v) is 4.40. The van der Waals surface area contributed by atoms with Crippen LogP contribution in [0.3, 0.4) is 0 Å². The maximum absolute atomic E-state index is 12.1. The number of carbonyl (C=O) groups is 3. The Labute approximate surface area is 155 Å². The van der Waals surface area contributed by atoms with E-state index in [0.29, 0.717) is 13.0 Å². The molecular formula is C17H21N3O7. The van der Waals surface area contributed by atoms with Crippen molar-refractivity contribution in [1.29, 1.82) is 0 Å². The van der Waals surface area contributed by atoms with Crippen molar-refractivity contribution in [2.45, 2.75) is 13.3 Å². The first-order valence-corrected chi connectivity index (χ1v) is 8.34. The molecule has 2 rings (SSSR count). The van der Waals surface area contributed by atoms with E-state index in [0.717, 1.165) is 6.07 Å². The molecule has 1 aromatic rings. The van der Waals surface area contributed by atoms with Crippen LogP contribution in [0, 0.1) is 22.0 Å². The van der Waals surface area contributed by atoms with E-state index in [1.807, 2.05) is 6.92 Å². The maximum Gasteiger partial charge on any atom is 0.325 e. The van der Waals surface area contributed by atoms with Crippen molar-refractivity contribution in [3.8, 4) is 0 Å². The highest BCUT2D eigenvalue weighted by Gasteiger charge is 2.32. The molecule has 10 nitrogen and oxygen atoms in total. The highest BCUT2D eigenvalue weighted by molar-refractivity contribution is 5.97. The fourth-order valence-corrected chi connectivity index (χ4v) is 3.13. The molecule has 2 unspecified atom stereocenters. The van der Waals surface area contributed by atoms with Gasteiger partial charge in [0.1, 0.15) is 12.2 Å². The van der Waals surface area contributed by atoms with Crippen LogP contribution < -0.4 is 10.2 Å². The molecule has 1 aliphatic heterocycles. The van der Waals surface area contributed by atoms with Gasteiger partial charge in [0.05, 0.1) is 18.0 Å². The number of ether oxygens (including phenoxy) is 1. The molecule has 2 atom stereocenters. The fourth-order valence-electron chi connectivity index (χ4n) is 3.13. The average molecular weight is 379 g/mol. The smallest absolute Gasteiger partial charge is 0.325 e. The van der Waals surface area contributed by atoms with Gasteiger partial charge in [0.25, 0.3) is 11.6 Å². The summed E-state index contributed by atoms with van der Waals surface area (Å²) in [7, 11) is 1.18. The van der Waals surface area contributed by atoms with E-state index in [1.54, 1.807) is 4.90 Å². The van der Waals surface area contributed by atoms with Crippen LogP contribution in [0.4, 0.5) is 11.4 Å². The minimum atomic E-state index is -0.937. The summed E-state index contributed by atoms with van der Waals surface area (Å²) in [6.07, 6.45) is 0.508. The minimum absolute atomic E-state index is 0.0224. The Balaban J connectivity index is 2.27. The van der Waals surface area contributed by atoms with Gasteiger partial charge in [-0.25, -0.2) is 0 Å². The van der Waals surface area contributed by atoms with Crippen molar-refractivity contribution >= 4 is 29.2 Å². The zero-order valence-corrected chi connectivity index (χ0v) is 15.0. The number of aliphatic carboxylic acids is 1. The summed E-state index contributed by atoms with van der Waals surface area (Å²) in [5.41, 5.74) is -0.00419. The highest BCUT2D eigenvalue weighted by Crippen LogP contribution is 2.34. The van der Waals surface area contributed by atoms with Crippen LogP contribution in [0.2, 0.25) is 0 Å². The number of nitro benzene ring substituents is 1. The number of carboxylic acid groups (broad SMARTS) is 1. The largest absolute Gasteiger partial charge is 0.481 e. The third kappa shape index (κ3) is 4.93. The number of carboxylic acids is 1. The van der Waals surface area contributed by atoms with Crippen LogP contribution in [0.15, 0.2) is 18.2 Å². The lowest BCUT2D eigenvalue weighted by atomic mass is 9.90. The number of anilines is 1. The van der Waals surface area contributed by atoms with Gasteiger partial charge in [-0.1, -0.05) is 6.92 Å². The summed E-state index contributed by atoms with van der Waals surface area (Å²) in [6, 6.07) is 3.96. The summed E-state index contributed by atoms with van der Waals surface area (Å²) < 4.78 is 4.42. The number of piperidine rings is 1. The SMILES string of the molecule is COC(=O)CNC(=O)c1ccc(N2CC(C)CC(C(=O)O)C2)c([N+](=O)[O-])c1. The van der Waals surface area contributed by atoms with Crippen LogP contribution in [-0.2, 0) is 14.3 Å². The third-order valence-electron chi connectivity index (χ3n) is 4.40. The molecule has 1 amide bonds. The molecule has 0 spiro atoms. The number of benzene rings is 1. The Bertz CT molecular complexity index is 765. The molecule has 0 saturated carbocycles. The quantitative estimate of drug-likeness (QED) is 0.425. The monoisotopic (exact) mass is 379 g/mol. The molecule has 1 heterocycles. The number of amides is 1. The second kappa shape index (κ2) is 8.47. The van der Waals surface area contributed by atoms with Gasteiger partial charge >= 0.3 is 11.9 Å². The molecule has 0 radical (unpaired) electrons. The van der Waals surface area contributed by atoms with Gasteiger partial charge in [-0.2, -0.15) is 0 Å². The number of nitrogens with one attached hydrogen (secondary N) is 1. The second-order valence-electron chi connectivity index (χ2n) is 6.50. The van der Waals surface area contributed by atoms with Gasteiger partial charge < -0.3 is 20.1 Å². The molecule has 0 aliphatic carbocycles. The zero-order valence-electron chi connectivity index (χ0n) is 15.0. The Morgan fingerprint density at radius 2 is 2.07 bits per heavy atom. The van der Waals surface area contributed by atoms with E-state index < -0.39 is 28.7 Å². The Morgan fingerprint density at radius 1 is 1.37 bits per heavy atom. The fraction of sp³-hybridized carbons (Fsp3) is 0.471. The maximum atomic E-state index is 12.1. The van der Waals surface area contributed by atoms with Crippen LogP contribution in [0.5, 0.6) is 0 Å². The Morgan fingerprint density at radius 3 is 2.67 bits per heavy atom. The minimum Gasteiger partial charge on any atom is -0.481 e. The lowest BCUT2D eigenvalue weighted by Gasteiger charge is -2.35.